The van der Waals surface area contributed by atoms with Gasteiger partial charge < -0.3 is 20.2 Å². The van der Waals surface area contributed by atoms with Gasteiger partial charge in [-0.05, 0) is 26.0 Å². The molecule has 0 fully saturated rings. The summed E-state index contributed by atoms with van der Waals surface area (Å²) in [7, 11) is 0. The number of rotatable bonds is 3. The number of aromatic nitrogens is 3. The molecule has 0 amide bonds. The number of nitrogens with zero attached hydrogens (tertiary/aromatic N) is 2. The van der Waals surface area contributed by atoms with Crippen molar-refractivity contribution in [1.29, 1.82) is 5.41 Å². The maximum Gasteiger partial charge on any atom is 0.327 e. The van der Waals surface area contributed by atoms with Crippen LogP contribution in [-0.4, -0.2) is 32.0 Å². The van der Waals surface area contributed by atoms with Gasteiger partial charge >= 0.3 is 5.69 Å². The van der Waals surface area contributed by atoms with Crippen molar-refractivity contribution in [3.05, 3.63) is 50.5 Å². The third-order valence-electron chi connectivity index (χ3n) is 4.27. The molecular formula is C17H16N4O3S. The molecule has 4 rings (SSSR count). The Labute approximate surface area is 146 Å². The number of hydrogen-bond donors (Lipinski definition) is 3. The van der Waals surface area contributed by atoms with E-state index in [2.05, 4.69) is 9.97 Å². The zero-order valence-electron chi connectivity index (χ0n) is 13.7. The van der Waals surface area contributed by atoms with Crippen LogP contribution < -0.4 is 10.4 Å². The summed E-state index contributed by atoms with van der Waals surface area (Å²) < 4.78 is 7.66. The predicted octanol–water partition coefficient (Wildman–Crippen LogP) is 3.10. The van der Waals surface area contributed by atoms with Crippen LogP contribution in [-0.2, 0) is 0 Å². The number of nitrogens with one attached hydrogen (secondary N) is 2. The lowest BCUT2D eigenvalue weighted by Gasteiger charge is -2.26. The minimum absolute atomic E-state index is 0.0400. The van der Waals surface area contributed by atoms with Crippen molar-refractivity contribution in [3.8, 4) is 5.75 Å². The average molecular weight is 356 g/mol. The molecule has 0 spiro atoms. The van der Waals surface area contributed by atoms with Gasteiger partial charge in [-0.2, -0.15) is 0 Å². The third kappa shape index (κ3) is 2.29. The standard InChI is InChI=1S/C17H16N4O3S/c1-8(18)13(9(2)22)10-3-4-11-14-15(10)24-7-12(16-19-5-6-25-16)21(14)17(23)20-11/h3-6,12,18,22H,7H2,1-2H3,(H,20,23)/b13-9+,18-8?. The summed E-state index contributed by atoms with van der Waals surface area (Å²) in [5, 5.41) is 20.7. The fourth-order valence-corrected chi connectivity index (χ4v) is 4.03. The van der Waals surface area contributed by atoms with Gasteiger partial charge in [-0.3, -0.25) is 4.57 Å². The number of aliphatic hydroxyl groups is 1. The number of aromatic amines is 1. The molecule has 1 atom stereocenters. The van der Waals surface area contributed by atoms with Crippen molar-refractivity contribution < 1.29 is 9.84 Å². The van der Waals surface area contributed by atoms with E-state index in [-0.39, 0.29) is 29.8 Å². The maximum atomic E-state index is 12.5. The molecule has 128 valence electrons. The molecule has 3 heterocycles. The highest BCUT2D eigenvalue weighted by Crippen LogP contribution is 2.40. The van der Waals surface area contributed by atoms with Crippen molar-refractivity contribution in [2.24, 2.45) is 0 Å². The lowest BCUT2D eigenvalue weighted by atomic mass is 9.98. The Hall–Kier alpha value is -2.87. The van der Waals surface area contributed by atoms with Crippen LogP contribution in [0.15, 0.2) is 34.3 Å². The molecule has 3 N–H and O–H groups in total. The number of benzene rings is 1. The van der Waals surface area contributed by atoms with E-state index in [1.165, 1.54) is 18.3 Å². The summed E-state index contributed by atoms with van der Waals surface area (Å²) in [6, 6.07) is 3.23. The average Bonchev–Trinajstić information content (AvgIpc) is 3.19. The van der Waals surface area contributed by atoms with Crippen LogP contribution >= 0.6 is 11.3 Å². The molecule has 8 heteroatoms. The summed E-state index contributed by atoms with van der Waals surface area (Å²) in [4.78, 5) is 19.7. The molecule has 0 saturated carbocycles. The molecule has 0 radical (unpaired) electrons. The molecule has 1 unspecified atom stereocenters. The summed E-state index contributed by atoms with van der Waals surface area (Å²) in [5.41, 5.74) is 2.30. The van der Waals surface area contributed by atoms with Gasteiger partial charge in [0.25, 0.3) is 0 Å². The first kappa shape index (κ1) is 15.6. The van der Waals surface area contributed by atoms with Gasteiger partial charge in [0.15, 0.2) is 5.75 Å². The monoisotopic (exact) mass is 356 g/mol. The Morgan fingerprint density at radius 2 is 2.28 bits per heavy atom. The van der Waals surface area contributed by atoms with Crippen LogP contribution in [0.2, 0.25) is 0 Å². The lowest BCUT2D eigenvalue weighted by Crippen LogP contribution is -2.30. The van der Waals surface area contributed by atoms with E-state index < -0.39 is 0 Å². The summed E-state index contributed by atoms with van der Waals surface area (Å²) in [6.07, 6.45) is 1.70. The van der Waals surface area contributed by atoms with Crippen molar-refractivity contribution in [3.63, 3.8) is 0 Å². The van der Waals surface area contributed by atoms with Crippen molar-refractivity contribution in [2.45, 2.75) is 19.9 Å². The number of allylic oxidation sites excluding steroid dienone is 2. The van der Waals surface area contributed by atoms with Crippen LogP contribution in [0.25, 0.3) is 16.6 Å². The fraction of sp³-hybridized carbons (Fsp3) is 0.235. The highest BCUT2D eigenvalue weighted by atomic mass is 32.1. The Morgan fingerprint density at radius 1 is 1.48 bits per heavy atom. The highest BCUT2D eigenvalue weighted by molar-refractivity contribution is 7.09. The van der Waals surface area contributed by atoms with E-state index in [0.717, 1.165) is 5.01 Å². The molecule has 25 heavy (non-hydrogen) atoms. The van der Waals surface area contributed by atoms with Crippen molar-refractivity contribution >= 4 is 33.7 Å². The molecular weight excluding hydrogens is 340 g/mol. The van der Waals surface area contributed by atoms with E-state index in [1.54, 1.807) is 29.8 Å². The molecule has 0 aliphatic carbocycles. The first-order valence-corrected chi connectivity index (χ1v) is 8.62. The molecule has 0 bridgehead atoms. The Bertz CT molecular complexity index is 1070. The Balaban J connectivity index is 2.03. The van der Waals surface area contributed by atoms with Crippen LogP contribution in [0, 0.1) is 5.41 Å². The van der Waals surface area contributed by atoms with Crippen LogP contribution in [0.5, 0.6) is 5.75 Å². The minimum atomic E-state index is -0.298. The SMILES string of the molecule is CC(=N)/C(=C(/C)O)c1ccc2[nH]c(=O)n3c2c1OCC3c1nccs1. The van der Waals surface area contributed by atoms with E-state index in [0.29, 0.717) is 27.9 Å². The zero-order valence-corrected chi connectivity index (χ0v) is 14.5. The molecule has 1 aliphatic rings. The molecule has 0 saturated heterocycles. The van der Waals surface area contributed by atoms with Gasteiger partial charge in [0.2, 0.25) is 0 Å². The first-order chi connectivity index (χ1) is 12.0. The number of H-pyrrole nitrogens is 1. The second-order valence-electron chi connectivity index (χ2n) is 5.92. The van der Waals surface area contributed by atoms with Crippen molar-refractivity contribution in [2.75, 3.05) is 6.61 Å². The molecule has 2 aromatic heterocycles. The topological polar surface area (TPSA) is 104 Å². The number of hydrogen-bond acceptors (Lipinski definition) is 6. The number of aliphatic hydroxyl groups excluding tert-OH is 1. The number of ether oxygens (including phenoxy) is 1. The van der Waals surface area contributed by atoms with Gasteiger partial charge in [-0.15, -0.1) is 11.3 Å². The van der Waals surface area contributed by atoms with Crippen molar-refractivity contribution in [1.82, 2.24) is 14.5 Å². The van der Waals surface area contributed by atoms with Gasteiger partial charge in [-0.1, -0.05) is 0 Å². The molecule has 1 aromatic carbocycles. The summed E-state index contributed by atoms with van der Waals surface area (Å²) in [5.74, 6) is 0.539. The smallest absolute Gasteiger partial charge is 0.327 e. The van der Waals surface area contributed by atoms with E-state index in [4.69, 9.17) is 10.1 Å². The zero-order chi connectivity index (χ0) is 17.7. The van der Waals surface area contributed by atoms with Gasteiger partial charge in [0.1, 0.15) is 23.2 Å². The largest absolute Gasteiger partial charge is 0.512 e. The Morgan fingerprint density at radius 3 is 2.92 bits per heavy atom. The van der Waals surface area contributed by atoms with E-state index in [1.807, 2.05) is 5.38 Å². The van der Waals surface area contributed by atoms with Crippen LogP contribution in [0.1, 0.15) is 30.5 Å². The number of imidazole rings is 1. The fourth-order valence-electron chi connectivity index (χ4n) is 3.31. The second kappa shape index (κ2) is 5.59. The normalized spacial score (nSPS) is 17.3. The van der Waals surface area contributed by atoms with Crippen LogP contribution in [0.4, 0.5) is 0 Å². The maximum absolute atomic E-state index is 12.5. The first-order valence-electron chi connectivity index (χ1n) is 7.74. The minimum Gasteiger partial charge on any atom is -0.512 e. The molecule has 1 aliphatic heterocycles. The summed E-state index contributed by atoms with van der Waals surface area (Å²) >= 11 is 1.47. The molecule has 3 aromatic rings. The van der Waals surface area contributed by atoms with Gasteiger partial charge in [0, 0.05) is 28.4 Å². The van der Waals surface area contributed by atoms with Gasteiger partial charge in [-0.25, -0.2) is 9.78 Å². The van der Waals surface area contributed by atoms with Crippen LogP contribution in [0.3, 0.4) is 0 Å². The van der Waals surface area contributed by atoms with E-state index >= 15 is 0 Å². The third-order valence-corrected chi connectivity index (χ3v) is 5.15. The second-order valence-corrected chi connectivity index (χ2v) is 6.85. The predicted molar refractivity (Wildman–Crippen MR) is 96.9 cm³/mol. The van der Waals surface area contributed by atoms with E-state index in [9.17, 15) is 9.90 Å². The molecule has 7 nitrogen and oxygen atoms in total. The Kier molecular flexibility index (Phi) is 3.50. The summed E-state index contributed by atoms with van der Waals surface area (Å²) in [6.45, 7) is 3.41. The number of thiazole rings is 1. The quantitative estimate of drug-likeness (QED) is 0.495. The highest BCUT2D eigenvalue weighted by Gasteiger charge is 2.31. The van der Waals surface area contributed by atoms with Gasteiger partial charge in [0.05, 0.1) is 11.3 Å². The lowest BCUT2D eigenvalue weighted by molar-refractivity contribution is 0.255.